The van der Waals surface area contributed by atoms with Crippen LogP contribution in [0.4, 0.5) is 26.9 Å². The molecule has 0 bridgehead atoms. The number of aromatic nitrogens is 3. The van der Waals surface area contributed by atoms with Gasteiger partial charge in [0, 0.05) is 30.3 Å². The molecule has 1 aliphatic carbocycles. The molecule has 1 fully saturated rings. The molecule has 2 aliphatic rings. The Morgan fingerprint density at radius 2 is 1.85 bits per heavy atom. The highest BCUT2D eigenvalue weighted by Gasteiger charge is 2.35. The number of carbonyl (C=O) groups is 2. The minimum atomic E-state index is -1.10. The highest BCUT2D eigenvalue weighted by atomic mass is 16.6. The molecule has 40 heavy (non-hydrogen) atoms. The monoisotopic (exact) mass is 550 g/mol. The Bertz CT molecular complexity index is 1360. The van der Waals surface area contributed by atoms with Gasteiger partial charge in [-0.15, -0.1) is 0 Å². The van der Waals surface area contributed by atoms with Gasteiger partial charge >= 0.3 is 12.2 Å². The fourth-order valence-electron chi connectivity index (χ4n) is 5.71. The van der Waals surface area contributed by atoms with E-state index in [1.807, 2.05) is 27.7 Å². The molecule has 11 nitrogen and oxygen atoms in total. The van der Waals surface area contributed by atoms with E-state index in [4.69, 9.17) is 14.5 Å². The molecule has 5 rings (SSSR count). The van der Waals surface area contributed by atoms with Crippen LogP contribution in [0.3, 0.4) is 0 Å². The van der Waals surface area contributed by atoms with Crippen LogP contribution in [0.5, 0.6) is 5.75 Å². The summed E-state index contributed by atoms with van der Waals surface area (Å²) in [5.41, 5.74) is 1.44. The third kappa shape index (κ3) is 5.78. The van der Waals surface area contributed by atoms with Crippen LogP contribution >= 0.6 is 0 Å². The Hall–Kier alpha value is -4.02. The van der Waals surface area contributed by atoms with E-state index in [0.29, 0.717) is 35.9 Å². The fourth-order valence-corrected chi connectivity index (χ4v) is 5.71. The first-order valence-corrected chi connectivity index (χ1v) is 14.0. The van der Waals surface area contributed by atoms with E-state index in [2.05, 4.69) is 15.3 Å². The largest absolute Gasteiger partial charge is 0.494 e. The summed E-state index contributed by atoms with van der Waals surface area (Å²) in [5, 5.41) is 17.9. The van der Waals surface area contributed by atoms with Crippen LogP contribution in [0, 0.1) is 0 Å². The summed E-state index contributed by atoms with van der Waals surface area (Å²) in [6.45, 7) is 8.86. The van der Waals surface area contributed by atoms with Crippen LogP contribution < -0.4 is 19.9 Å². The molecule has 1 saturated carbocycles. The summed E-state index contributed by atoms with van der Waals surface area (Å²) in [4.78, 5) is 33.6. The molecule has 2 N–H and O–H groups in total. The lowest BCUT2D eigenvalue weighted by atomic mass is 9.89. The molecule has 2 amide bonds. The number of nitrogens with one attached hydrogen (secondary N) is 1. The normalized spacial score (nSPS) is 19.1. The van der Waals surface area contributed by atoms with Crippen LogP contribution in [-0.2, 0) is 11.2 Å². The van der Waals surface area contributed by atoms with Crippen LogP contribution in [0.2, 0.25) is 0 Å². The van der Waals surface area contributed by atoms with E-state index in [0.717, 1.165) is 50.0 Å². The van der Waals surface area contributed by atoms with Gasteiger partial charge in [-0.05, 0) is 90.5 Å². The van der Waals surface area contributed by atoms with Crippen LogP contribution in [0.15, 0.2) is 36.5 Å². The lowest BCUT2D eigenvalue weighted by Gasteiger charge is -2.41. The lowest BCUT2D eigenvalue weighted by molar-refractivity contribution is 0.0491. The highest BCUT2D eigenvalue weighted by Crippen LogP contribution is 2.40. The number of hydrogen-bond acceptors (Lipinski definition) is 7. The second-order valence-electron chi connectivity index (χ2n) is 11.3. The van der Waals surface area contributed by atoms with Crippen molar-refractivity contribution < 1.29 is 24.2 Å². The van der Waals surface area contributed by atoms with Crippen molar-refractivity contribution in [3.8, 4) is 5.75 Å². The minimum absolute atomic E-state index is 0.0679. The molecule has 1 aliphatic heterocycles. The van der Waals surface area contributed by atoms with Gasteiger partial charge in [-0.1, -0.05) is 0 Å². The SMILES string of the molecule is CCOc1ccc(N(C(=O)O)c2c3c(nc4ccnn24)N(C2CCC(NC(=O)OC(C)(C)C)CC2)CCC3)cc1. The first-order valence-electron chi connectivity index (χ1n) is 14.0. The zero-order valence-corrected chi connectivity index (χ0v) is 23.6. The molecule has 214 valence electrons. The first-order chi connectivity index (χ1) is 19.1. The molecule has 1 aromatic carbocycles. The molecule has 0 unspecified atom stereocenters. The van der Waals surface area contributed by atoms with Gasteiger partial charge in [0.25, 0.3) is 0 Å². The van der Waals surface area contributed by atoms with Gasteiger partial charge < -0.3 is 24.8 Å². The third-order valence-electron chi connectivity index (χ3n) is 7.35. The number of carboxylic acid groups (broad SMARTS) is 1. The molecule has 0 atom stereocenters. The maximum atomic E-state index is 12.7. The van der Waals surface area contributed by atoms with Gasteiger partial charge in [0.15, 0.2) is 11.5 Å². The van der Waals surface area contributed by atoms with Crippen molar-refractivity contribution in [2.75, 3.05) is 23.0 Å². The van der Waals surface area contributed by atoms with Gasteiger partial charge in [-0.25, -0.2) is 19.5 Å². The number of ether oxygens (including phenoxy) is 2. The molecule has 0 radical (unpaired) electrons. The standard InChI is InChI=1S/C29H38N6O5/c1-5-39-22-14-12-21(13-15-22)34(28(37)38)26-23-7-6-18-33(25(23)32-24-16-17-30-35(24)26)20-10-8-19(9-11-20)31-27(36)40-29(2,3)4/h12-17,19-20H,5-11,18H2,1-4H3,(H,31,36)(H,37,38). The van der Waals surface area contributed by atoms with Gasteiger partial charge in [0.1, 0.15) is 17.2 Å². The van der Waals surface area contributed by atoms with Crippen LogP contribution in [0.1, 0.15) is 65.4 Å². The topological polar surface area (TPSA) is 122 Å². The molecular formula is C29H38N6O5. The first kappa shape index (κ1) is 27.5. The van der Waals surface area contributed by atoms with E-state index in [1.165, 1.54) is 4.90 Å². The number of rotatable bonds is 6. The van der Waals surface area contributed by atoms with Crippen LogP contribution in [0.25, 0.3) is 5.65 Å². The average molecular weight is 551 g/mol. The van der Waals surface area contributed by atoms with Crippen molar-refractivity contribution in [3.05, 3.63) is 42.1 Å². The van der Waals surface area contributed by atoms with Crippen molar-refractivity contribution >= 4 is 35.2 Å². The predicted molar refractivity (Wildman–Crippen MR) is 152 cm³/mol. The van der Waals surface area contributed by atoms with Crippen LogP contribution in [-0.4, -0.2) is 62.7 Å². The molecule has 11 heteroatoms. The van der Waals surface area contributed by atoms with Gasteiger partial charge in [-0.2, -0.15) is 9.61 Å². The number of alkyl carbamates (subject to hydrolysis) is 1. The Kier molecular flexibility index (Phi) is 7.73. The Morgan fingerprint density at radius 1 is 1.12 bits per heavy atom. The van der Waals surface area contributed by atoms with E-state index < -0.39 is 11.7 Å². The lowest BCUT2D eigenvalue weighted by Crippen LogP contribution is -2.47. The van der Waals surface area contributed by atoms with Gasteiger partial charge in [-0.3, -0.25) is 0 Å². The van der Waals surface area contributed by atoms with E-state index in [-0.39, 0.29) is 18.2 Å². The maximum Gasteiger partial charge on any atom is 0.417 e. The van der Waals surface area contributed by atoms with Crippen molar-refractivity contribution in [2.24, 2.45) is 0 Å². The Labute approximate surface area is 234 Å². The number of amides is 2. The zero-order valence-electron chi connectivity index (χ0n) is 23.6. The summed E-state index contributed by atoms with van der Waals surface area (Å²) >= 11 is 0. The van der Waals surface area contributed by atoms with E-state index >= 15 is 0 Å². The van der Waals surface area contributed by atoms with Crippen molar-refractivity contribution in [3.63, 3.8) is 0 Å². The highest BCUT2D eigenvalue weighted by molar-refractivity contribution is 5.96. The number of hydrogen-bond donors (Lipinski definition) is 2. The smallest absolute Gasteiger partial charge is 0.417 e. The van der Waals surface area contributed by atoms with Crippen molar-refractivity contribution in [1.82, 2.24) is 19.9 Å². The van der Waals surface area contributed by atoms with E-state index in [1.54, 1.807) is 41.0 Å². The Morgan fingerprint density at radius 3 is 2.50 bits per heavy atom. The third-order valence-corrected chi connectivity index (χ3v) is 7.35. The number of carbonyl (C=O) groups excluding carboxylic acids is 1. The van der Waals surface area contributed by atoms with Crippen molar-refractivity contribution in [2.45, 2.75) is 83.9 Å². The maximum absolute atomic E-state index is 12.7. The fraction of sp³-hybridized carbons (Fsp3) is 0.517. The minimum Gasteiger partial charge on any atom is -0.494 e. The number of fused-ring (bicyclic) bond motifs is 2. The summed E-state index contributed by atoms with van der Waals surface area (Å²) in [6, 6.07) is 9.17. The van der Waals surface area contributed by atoms with Gasteiger partial charge in [0.2, 0.25) is 0 Å². The second kappa shape index (κ2) is 11.2. The molecule has 0 spiro atoms. The summed E-state index contributed by atoms with van der Waals surface area (Å²) in [6.07, 6.45) is 5.20. The molecule has 0 saturated heterocycles. The second-order valence-corrected chi connectivity index (χ2v) is 11.3. The molecule has 3 aromatic rings. The zero-order chi connectivity index (χ0) is 28.4. The molecular weight excluding hydrogens is 512 g/mol. The number of benzene rings is 1. The number of anilines is 3. The van der Waals surface area contributed by atoms with E-state index in [9.17, 15) is 14.7 Å². The number of nitrogens with zero attached hydrogens (tertiary/aromatic N) is 5. The van der Waals surface area contributed by atoms with Gasteiger partial charge in [0.05, 0.1) is 18.5 Å². The molecule has 2 aromatic heterocycles. The molecule has 3 heterocycles. The van der Waals surface area contributed by atoms with Crippen molar-refractivity contribution in [1.29, 1.82) is 0 Å². The summed E-state index contributed by atoms with van der Waals surface area (Å²) in [7, 11) is 0. The average Bonchev–Trinajstić information content (AvgIpc) is 3.37. The Balaban J connectivity index is 1.43. The quantitative estimate of drug-likeness (QED) is 0.411. The summed E-state index contributed by atoms with van der Waals surface area (Å²) in [5.74, 6) is 1.99. The predicted octanol–water partition coefficient (Wildman–Crippen LogP) is 5.53. The summed E-state index contributed by atoms with van der Waals surface area (Å²) < 4.78 is 12.6.